The first-order valence-electron chi connectivity index (χ1n) is 9.52. The van der Waals surface area contributed by atoms with Crippen LogP contribution in [0.25, 0.3) is 0 Å². The summed E-state index contributed by atoms with van der Waals surface area (Å²) in [5, 5.41) is 5.44. The average molecular weight is 416 g/mol. The van der Waals surface area contributed by atoms with Gasteiger partial charge in [0.15, 0.2) is 0 Å². The first kappa shape index (κ1) is 23.0. The molecule has 0 aliphatic rings. The fourth-order valence-corrected chi connectivity index (χ4v) is 2.73. The largest absolute Gasteiger partial charge is 0.481 e. The van der Waals surface area contributed by atoms with Crippen LogP contribution in [-0.2, 0) is 15.0 Å². The molecule has 0 aliphatic carbocycles. The first-order chi connectivity index (χ1) is 14.1. The van der Waals surface area contributed by atoms with E-state index in [0.717, 1.165) is 0 Å². The molecule has 2 amide bonds. The molecular formula is C20H28N6O4. The van der Waals surface area contributed by atoms with E-state index in [0.29, 0.717) is 23.7 Å². The summed E-state index contributed by atoms with van der Waals surface area (Å²) in [6.07, 6.45) is 3.25. The molecule has 162 valence electrons. The van der Waals surface area contributed by atoms with E-state index in [1.54, 1.807) is 6.07 Å². The second-order valence-electron chi connectivity index (χ2n) is 7.82. The maximum Gasteiger partial charge on any atom is 0.240 e. The van der Waals surface area contributed by atoms with Gasteiger partial charge in [-0.1, -0.05) is 27.7 Å². The van der Waals surface area contributed by atoms with Crippen LogP contribution in [0.2, 0.25) is 0 Å². The third kappa shape index (κ3) is 6.36. The van der Waals surface area contributed by atoms with Crippen molar-refractivity contribution in [3.05, 3.63) is 24.3 Å². The minimum Gasteiger partial charge on any atom is -0.481 e. The summed E-state index contributed by atoms with van der Waals surface area (Å²) in [4.78, 5) is 41.2. The Kier molecular flexibility index (Phi) is 7.62. The summed E-state index contributed by atoms with van der Waals surface area (Å²) >= 11 is 0. The monoisotopic (exact) mass is 416 g/mol. The van der Waals surface area contributed by atoms with Gasteiger partial charge in [0.05, 0.1) is 26.1 Å². The van der Waals surface area contributed by atoms with Crippen LogP contribution in [0.5, 0.6) is 11.8 Å². The molecule has 2 heterocycles. The number of ether oxygens (including phenoxy) is 2. The van der Waals surface area contributed by atoms with Gasteiger partial charge in [0.2, 0.25) is 29.5 Å². The number of methoxy groups -OCH3 is 2. The Bertz CT molecular complexity index is 901. The lowest BCUT2D eigenvalue weighted by Gasteiger charge is -2.24. The summed E-state index contributed by atoms with van der Waals surface area (Å²) in [7, 11) is 2.94. The molecule has 0 fully saturated rings. The highest BCUT2D eigenvalue weighted by atomic mass is 16.5. The fraction of sp³-hybridized carbons (Fsp3) is 0.500. The molecule has 2 rings (SSSR count). The van der Waals surface area contributed by atoms with Crippen molar-refractivity contribution in [2.45, 2.75) is 46.0 Å². The number of hydrogen-bond donors (Lipinski definition) is 2. The maximum atomic E-state index is 12.6. The van der Waals surface area contributed by atoms with Crippen LogP contribution in [0, 0.1) is 5.92 Å². The molecule has 0 radical (unpaired) electrons. The normalized spacial score (nSPS) is 11.2. The average Bonchev–Trinajstić information content (AvgIpc) is 2.66. The predicted molar refractivity (Wildman–Crippen MR) is 112 cm³/mol. The van der Waals surface area contributed by atoms with E-state index in [1.807, 2.05) is 27.7 Å². The number of nitrogens with zero attached hydrogens (tertiary/aromatic N) is 4. The van der Waals surface area contributed by atoms with Crippen LogP contribution in [-0.4, -0.2) is 46.0 Å². The van der Waals surface area contributed by atoms with Crippen molar-refractivity contribution in [1.29, 1.82) is 0 Å². The van der Waals surface area contributed by atoms with Gasteiger partial charge in [-0.3, -0.25) is 14.9 Å². The van der Waals surface area contributed by atoms with Crippen molar-refractivity contribution < 1.29 is 19.1 Å². The molecule has 2 N–H and O–H groups in total. The van der Waals surface area contributed by atoms with Crippen LogP contribution >= 0.6 is 0 Å². The molecule has 0 bridgehead atoms. The van der Waals surface area contributed by atoms with Gasteiger partial charge < -0.3 is 14.8 Å². The molecule has 2 aromatic rings. The summed E-state index contributed by atoms with van der Waals surface area (Å²) in [5.74, 6) is 0.462. The van der Waals surface area contributed by atoms with Crippen molar-refractivity contribution in [2.24, 2.45) is 5.92 Å². The zero-order valence-corrected chi connectivity index (χ0v) is 18.1. The highest BCUT2D eigenvalue weighted by molar-refractivity contribution is 5.92. The summed E-state index contributed by atoms with van der Waals surface area (Å²) in [6, 6.07) is 1.65. The Morgan fingerprint density at radius 2 is 1.83 bits per heavy atom. The Labute approximate surface area is 175 Å². The van der Waals surface area contributed by atoms with E-state index in [9.17, 15) is 9.59 Å². The third-order valence-electron chi connectivity index (χ3n) is 4.20. The van der Waals surface area contributed by atoms with Crippen molar-refractivity contribution in [3.8, 4) is 11.8 Å². The smallest absolute Gasteiger partial charge is 0.240 e. The minimum atomic E-state index is -0.680. The van der Waals surface area contributed by atoms with E-state index >= 15 is 0 Å². The Morgan fingerprint density at radius 1 is 1.10 bits per heavy atom. The van der Waals surface area contributed by atoms with Gasteiger partial charge in [-0.15, -0.1) is 0 Å². The van der Waals surface area contributed by atoms with Gasteiger partial charge in [-0.2, -0.15) is 9.97 Å². The third-order valence-corrected chi connectivity index (χ3v) is 4.20. The zero-order valence-electron chi connectivity index (χ0n) is 18.1. The first-order valence-corrected chi connectivity index (χ1v) is 9.52. The van der Waals surface area contributed by atoms with E-state index in [1.165, 1.54) is 26.7 Å². The standard InChI is InChI=1S/C20H28N6O4/c1-12(2)7-15(27)25-19-24-14(8-17(26-19)29-5)20(3,4)9-16(28)23-13-10-21-11-22-18(13)30-6/h8,10-12H,7,9H2,1-6H3,(H,23,28)(H,24,25,26,27). The molecule has 2 aromatic heterocycles. The number of rotatable bonds is 9. The van der Waals surface area contributed by atoms with Crippen molar-refractivity contribution in [2.75, 3.05) is 24.9 Å². The van der Waals surface area contributed by atoms with Gasteiger partial charge in [0.1, 0.15) is 12.0 Å². The van der Waals surface area contributed by atoms with Crippen LogP contribution in [0.1, 0.15) is 46.2 Å². The van der Waals surface area contributed by atoms with Gasteiger partial charge in [0, 0.05) is 24.3 Å². The molecule has 0 atom stereocenters. The number of nitrogens with one attached hydrogen (secondary N) is 2. The highest BCUT2D eigenvalue weighted by Crippen LogP contribution is 2.29. The number of anilines is 2. The maximum absolute atomic E-state index is 12.6. The molecule has 0 saturated heterocycles. The Balaban J connectivity index is 2.20. The highest BCUT2D eigenvalue weighted by Gasteiger charge is 2.28. The van der Waals surface area contributed by atoms with E-state index in [-0.39, 0.29) is 36.0 Å². The number of carbonyl (C=O) groups excluding carboxylic acids is 2. The summed E-state index contributed by atoms with van der Waals surface area (Å²) in [6.45, 7) is 7.64. The molecule has 0 aliphatic heterocycles. The molecule has 30 heavy (non-hydrogen) atoms. The number of amides is 2. The number of carbonyl (C=O) groups is 2. The fourth-order valence-electron chi connectivity index (χ4n) is 2.73. The van der Waals surface area contributed by atoms with Gasteiger partial charge >= 0.3 is 0 Å². The molecule has 0 spiro atoms. The van der Waals surface area contributed by atoms with Gasteiger partial charge in [-0.25, -0.2) is 9.97 Å². The van der Waals surface area contributed by atoms with Crippen molar-refractivity contribution >= 4 is 23.5 Å². The van der Waals surface area contributed by atoms with Crippen molar-refractivity contribution in [1.82, 2.24) is 19.9 Å². The number of aromatic nitrogens is 4. The second kappa shape index (κ2) is 9.95. The lowest BCUT2D eigenvalue weighted by molar-refractivity contribution is -0.118. The molecular weight excluding hydrogens is 388 g/mol. The number of hydrogen-bond acceptors (Lipinski definition) is 8. The molecule has 10 heteroatoms. The second-order valence-corrected chi connectivity index (χ2v) is 7.82. The summed E-state index contributed by atoms with van der Waals surface area (Å²) in [5.41, 5.74) is 0.254. The molecule has 0 unspecified atom stereocenters. The van der Waals surface area contributed by atoms with Crippen molar-refractivity contribution in [3.63, 3.8) is 0 Å². The van der Waals surface area contributed by atoms with Crippen LogP contribution in [0.4, 0.5) is 11.6 Å². The zero-order chi connectivity index (χ0) is 22.3. The Morgan fingerprint density at radius 3 is 2.47 bits per heavy atom. The van der Waals surface area contributed by atoms with E-state index < -0.39 is 5.41 Å². The van der Waals surface area contributed by atoms with Gasteiger partial charge in [0.25, 0.3) is 0 Å². The Hall–Kier alpha value is -3.30. The van der Waals surface area contributed by atoms with Crippen LogP contribution < -0.4 is 20.1 Å². The summed E-state index contributed by atoms with van der Waals surface area (Å²) < 4.78 is 10.4. The SMILES string of the molecule is COc1cc(C(C)(C)CC(=O)Nc2cncnc2OC)nc(NC(=O)CC(C)C)n1. The molecule has 0 aromatic carbocycles. The minimum absolute atomic E-state index is 0.102. The van der Waals surface area contributed by atoms with Crippen LogP contribution in [0.3, 0.4) is 0 Å². The van der Waals surface area contributed by atoms with E-state index in [4.69, 9.17) is 9.47 Å². The van der Waals surface area contributed by atoms with E-state index in [2.05, 4.69) is 30.6 Å². The topological polar surface area (TPSA) is 128 Å². The van der Waals surface area contributed by atoms with Crippen LogP contribution in [0.15, 0.2) is 18.6 Å². The molecule has 0 saturated carbocycles. The lowest BCUT2D eigenvalue weighted by atomic mass is 9.85. The quantitative estimate of drug-likeness (QED) is 0.638. The van der Waals surface area contributed by atoms with Gasteiger partial charge in [-0.05, 0) is 5.92 Å². The predicted octanol–water partition coefficient (Wildman–Crippen LogP) is 2.57. The lowest BCUT2D eigenvalue weighted by Crippen LogP contribution is -2.28. The molecule has 10 nitrogen and oxygen atoms in total.